The van der Waals surface area contributed by atoms with Crippen molar-refractivity contribution in [1.29, 1.82) is 0 Å². The Morgan fingerprint density at radius 1 is 1.00 bits per heavy atom. The zero-order valence-electron chi connectivity index (χ0n) is 13.5. The van der Waals surface area contributed by atoms with Crippen LogP contribution in [0.4, 0.5) is 5.69 Å². The second kappa shape index (κ2) is 10.3. The molecular formula is C18H18Cl3N3O. The average molecular weight is 399 g/mol. The van der Waals surface area contributed by atoms with Crippen LogP contribution >= 0.6 is 34.8 Å². The predicted molar refractivity (Wildman–Crippen MR) is 107 cm³/mol. The van der Waals surface area contributed by atoms with Crippen molar-refractivity contribution >= 4 is 52.6 Å². The van der Waals surface area contributed by atoms with Crippen LogP contribution in [0.15, 0.2) is 53.6 Å². The number of amides is 1. The van der Waals surface area contributed by atoms with Gasteiger partial charge in [-0.15, -0.1) is 23.2 Å². The number of benzene rings is 2. The summed E-state index contributed by atoms with van der Waals surface area (Å²) >= 11 is 17.4. The van der Waals surface area contributed by atoms with Gasteiger partial charge in [-0.25, -0.2) is 5.43 Å². The lowest BCUT2D eigenvalue weighted by Gasteiger charge is -2.22. The molecule has 2 aromatic carbocycles. The molecule has 1 N–H and O–H groups in total. The second-order valence-electron chi connectivity index (χ2n) is 5.16. The number of nitrogens with one attached hydrogen (secondary N) is 1. The minimum Gasteiger partial charge on any atom is -0.369 e. The first-order valence-corrected chi connectivity index (χ1v) is 9.14. The molecule has 2 rings (SSSR count). The van der Waals surface area contributed by atoms with Crippen LogP contribution < -0.4 is 10.3 Å². The van der Waals surface area contributed by atoms with Gasteiger partial charge in [0, 0.05) is 41.1 Å². The van der Waals surface area contributed by atoms with E-state index in [9.17, 15) is 4.79 Å². The summed E-state index contributed by atoms with van der Waals surface area (Å²) < 4.78 is 0. The Hall–Kier alpha value is -1.75. The van der Waals surface area contributed by atoms with Crippen molar-refractivity contribution < 1.29 is 4.79 Å². The Bertz CT molecular complexity index is 697. The lowest BCUT2D eigenvalue weighted by Crippen LogP contribution is -2.27. The summed E-state index contributed by atoms with van der Waals surface area (Å²) in [5.41, 5.74) is 4.84. The number of halogens is 3. The quantitative estimate of drug-likeness (QED) is 0.407. The number of hydrogen-bond acceptors (Lipinski definition) is 3. The van der Waals surface area contributed by atoms with E-state index in [0.29, 0.717) is 35.4 Å². The van der Waals surface area contributed by atoms with Crippen LogP contribution in [0.1, 0.15) is 15.9 Å². The lowest BCUT2D eigenvalue weighted by molar-refractivity contribution is 0.0955. The van der Waals surface area contributed by atoms with E-state index in [0.717, 1.165) is 11.3 Å². The Morgan fingerprint density at radius 2 is 1.60 bits per heavy atom. The number of carbonyl (C=O) groups is 1. The number of hydrogen-bond donors (Lipinski definition) is 1. The summed E-state index contributed by atoms with van der Waals surface area (Å²) in [6, 6.07) is 14.4. The minimum absolute atomic E-state index is 0.280. The van der Waals surface area contributed by atoms with E-state index in [4.69, 9.17) is 34.8 Å². The summed E-state index contributed by atoms with van der Waals surface area (Å²) in [5, 5.41) is 4.60. The van der Waals surface area contributed by atoms with Crippen molar-refractivity contribution in [1.82, 2.24) is 5.43 Å². The van der Waals surface area contributed by atoms with Crippen LogP contribution in [0.25, 0.3) is 0 Å². The molecule has 132 valence electrons. The molecule has 1 amide bonds. The highest BCUT2D eigenvalue weighted by Gasteiger charge is 2.08. The highest BCUT2D eigenvalue weighted by atomic mass is 35.5. The monoisotopic (exact) mass is 397 g/mol. The SMILES string of the molecule is O=C(N/N=C/c1ccc(Cl)cc1)c1ccc(N(CCCl)CCCl)cc1. The Balaban J connectivity index is 1.96. The van der Waals surface area contributed by atoms with E-state index in [2.05, 4.69) is 15.4 Å². The maximum absolute atomic E-state index is 12.1. The fraction of sp³-hybridized carbons (Fsp3) is 0.222. The lowest BCUT2D eigenvalue weighted by atomic mass is 10.2. The molecule has 0 atom stereocenters. The number of rotatable bonds is 8. The van der Waals surface area contributed by atoms with Crippen LogP contribution in [0.2, 0.25) is 5.02 Å². The van der Waals surface area contributed by atoms with Crippen LogP contribution in [0, 0.1) is 0 Å². The van der Waals surface area contributed by atoms with Gasteiger partial charge in [0.15, 0.2) is 0 Å². The molecule has 0 aliphatic carbocycles. The van der Waals surface area contributed by atoms with Crippen molar-refractivity contribution in [2.75, 3.05) is 29.7 Å². The minimum atomic E-state index is -0.280. The molecule has 0 saturated heterocycles. The molecule has 0 radical (unpaired) electrons. The summed E-state index contributed by atoms with van der Waals surface area (Å²) in [5.74, 6) is 0.745. The van der Waals surface area contributed by atoms with Gasteiger partial charge in [0.25, 0.3) is 5.91 Å². The van der Waals surface area contributed by atoms with Gasteiger partial charge in [-0.2, -0.15) is 5.10 Å². The molecule has 0 heterocycles. The fourth-order valence-corrected chi connectivity index (χ4v) is 2.71. The third-order valence-corrected chi connectivity index (χ3v) is 4.04. The van der Waals surface area contributed by atoms with Crippen molar-refractivity contribution in [2.45, 2.75) is 0 Å². The third kappa shape index (κ3) is 6.24. The molecule has 0 spiro atoms. The van der Waals surface area contributed by atoms with Gasteiger partial charge in [-0.3, -0.25) is 4.79 Å². The van der Waals surface area contributed by atoms with E-state index in [-0.39, 0.29) is 5.91 Å². The molecule has 7 heteroatoms. The summed E-state index contributed by atoms with van der Waals surface area (Å²) in [7, 11) is 0. The van der Waals surface area contributed by atoms with Crippen molar-refractivity contribution in [3.8, 4) is 0 Å². The smallest absolute Gasteiger partial charge is 0.271 e. The van der Waals surface area contributed by atoms with E-state index < -0.39 is 0 Å². The maximum atomic E-state index is 12.1. The van der Waals surface area contributed by atoms with Crippen LogP contribution in [0.5, 0.6) is 0 Å². The highest BCUT2D eigenvalue weighted by Crippen LogP contribution is 2.15. The Morgan fingerprint density at radius 3 is 2.16 bits per heavy atom. The largest absolute Gasteiger partial charge is 0.369 e. The molecule has 4 nitrogen and oxygen atoms in total. The number of anilines is 1. The average Bonchev–Trinajstić information content (AvgIpc) is 2.63. The van der Waals surface area contributed by atoms with E-state index in [1.54, 1.807) is 30.5 Å². The first-order valence-electron chi connectivity index (χ1n) is 7.70. The molecule has 0 fully saturated rings. The van der Waals surface area contributed by atoms with Crippen molar-refractivity contribution in [3.05, 3.63) is 64.7 Å². The highest BCUT2D eigenvalue weighted by molar-refractivity contribution is 6.30. The summed E-state index contributed by atoms with van der Waals surface area (Å²) in [6.45, 7) is 1.40. The van der Waals surface area contributed by atoms with Gasteiger partial charge >= 0.3 is 0 Å². The molecule has 2 aromatic rings. The van der Waals surface area contributed by atoms with Crippen LogP contribution in [-0.4, -0.2) is 37.0 Å². The van der Waals surface area contributed by atoms with Crippen LogP contribution in [0.3, 0.4) is 0 Å². The van der Waals surface area contributed by atoms with E-state index in [1.807, 2.05) is 24.3 Å². The Labute approximate surface area is 162 Å². The van der Waals surface area contributed by atoms with Crippen molar-refractivity contribution in [3.63, 3.8) is 0 Å². The van der Waals surface area contributed by atoms with Crippen LogP contribution in [-0.2, 0) is 0 Å². The topological polar surface area (TPSA) is 44.7 Å². The first kappa shape index (κ1) is 19.6. The maximum Gasteiger partial charge on any atom is 0.271 e. The Kier molecular flexibility index (Phi) is 8.06. The fourth-order valence-electron chi connectivity index (χ4n) is 2.18. The standard InChI is InChI=1S/C18H18Cl3N3O/c19-9-11-24(12-10-20)17-7-3-15(4-8-17)18(25)23-22-13-14-1-5-16(21)6-2-14/h1-8,13H,9-12H2,(H,23,25)/b22-13+. The molecule has 0 saturated carbocycles. The molecule has 0 aromatic heterocycles. The molecule has 25 heavy (non-hydrogen) atoms. The summed E-state index contributed by atoms with van der Waals surface area (Å²) in [4.78, 5) is 14.2. The van der Waals surface area contributed by atoms with Gasteiger partial charge < -0.3 is 4.90 Å². The van der Waals surface area contributed by atoms with Crippen molar-refractivity contribution in [2.24, 2.45) is 5.10 Å². The normalized spacial score (nSPS) is 10.8. The van der Waals surface area contributed by atoms with Gasteiger partial charge in [-0.05, 0) is 42.0 Å². The molecular weight excluding hydrogens is 381 g/mol. The van der Waals surface area contributed by atoms with Gasteiger partial charge in [0.05, 0.1) is 6.21 Å². The molecule has 0 aliphatic heterocycles. The zero-order chi connectivity index (χ0) is 18.1. The number of nitrogens with zero attached hydrogens (tertiary/aromatic N) is 2. The molecule has 0 aliphatic rings. The second-order valence-corrected chi connectivity index (χ2v) is 6.35. The van der Waals surface area contributed by atoms with Gasteiger partial charge in [0.1, 0.15) is 0 Å². The summed E-state index contributed by atoms with van der Waals surface area (Å²) in [6.07, 6.45) is 1.56. The zero-order valence-corrected chi connectivity index (χ0v) is 15.7. The van der Waals surface area contributed by atoms with E-state index >= 15 is 0 Å². The van der Waals surface area contributed by atoms with Gasteiger partial charge in [-0.1, -0.05) is 23.7 Å². The van der Waals surface area contributed by atoms with Gasteiger partial charge in [0.2, 0.25) is 0 Å². The number of carbonyl (C=O) groups excluding carboxylic acids is 1. The predicted octanol–water partition coefficient (Wildman–Crippen LogP) is 4.39. The molecule has 0 bridgehead atoms. The number of hydrazone groups is 1. The molecule has 0 unspecified atom stereocenters. The first-order chi connectivity index (χ1) is 12.1. The van der Waals surface area contributed by atoms with E-state index in [1.165, 1.54) is 0 Å². The number of alkyl halides is 2. The third-order valence-electron chi connectivity index (χ3n) is 3.45.